The molecule has 1 nitrogen and oxygen atoms in total. The van der Waals surface area contributed by atoms with Gasteiger partial charge in [0.05, 0.1) is 0 Å². The second-order valence-electron chi connectivity index (χ2n) is 4.00. The van der Waals surface area contributed by atoms with E-state index in [9.17, 15) is 0 Å². The zero-order valence-corrected chi connectivity index (χ0v) is 8.91. The van der Waals surface area contributed by atoms with Crippen LogP contribution in [-0.4, -0.2) is 4.98 Å². The lowest BCUT2D eigenvalue weighted by Crippen LogP contribution is -1.92. The first-order chi connectivity index (χ1) is 6.70. The lowest BCUT2D eigenvalue weighted by atomic mass is 9.96. The number of aromatic nitrogens is 1. The fourth-order valence-electron chi connectivity index (χ4n) is 1.92. The van der Waals surface area contributed by atoms with Gasteiger partial charge in [0.15, 0.2) is 0 Å². The van der Waals surface area contributed by atoms with Gasteiger partial charge in [-0.3, -0.25) is 4.98 Å². The van der Waals surface area contributed by atoms with Crippen LogP contribution in [0.5, 0.6) is 0 Å². The van der Waals surface area contributed by atoms with Gasteiger partial charge in [-0.05, 0) is 29.9 Å². The Morgan fingerprint density at radius 3 is 2.64 bits per heavy atom. The molecule has 14 heavy (non-hydrogen) atoms. The number of nitrogens with zero attached hydrogens (tertiary/aromatic N) is 1. The van der Waals surface area contributed by atoms with Crippen LogP contribution in [0.4, 0.5) is 0 Å². The smallest absolute Gasteiger partial charge is 0.0453 e. The monoisotopic (exact) mass is 185 g/mol. The predicted octanol–water partition coefficient (Wildman–Crippen LogP) is 3.67. The zero-order chi connectivity index (χ0) is 10.1. The Morgan fingerprint density at radius 2 is 1.93 bits per heavy atom. The summed E-state index contributed by atoms with van der Waals surface area (Å²) in [4.78, 5) is 4.35. The molecule has 0 N–H and O–H groups in total. The number of aryl methyl sites for hydroxylation is 1. The van der Waals surface area contributed by atoms with Gasteiger partial charge in [0, 0.05) is 17.3 Å². The molecule has 0 spiro atoms. The van der Waals surface area contributed by atoms with Gasteiger partial charge in [0.2, 0.25) is 0 Å². The quantitative estimate of drug-likeness (QED) is 0.660. The Hall–Kier alpha value is -1.37. The maximum absolute atomic E-state index is 4.35. The van der Waals surface area contributed by atoms with Crippen molar-refractivity contribution in [3.05, 3.63) is 41.7 Å². The van der Waals surface area contributed by atoms with Crippen molar-refractivity contribution in [1.82, 2.24) is 4.98 Å². The molecule has 1 aromatic heterocycles. The standard InChI is InChI=1S/C13H15N/c1-9(2)12-6-4-5-11-7-8-14-10(3)13(11)12/h4-9H,1-3H3. The Bertz CT molecular complexity index is 452. The zero-order valence-electron chi connectivity index (χ0n) is 8.91. The molecule has 2 rings (SSSR count). The highest BCUT2D eigenvalue weighted by molar-refractivity contribution is 5.87. The summed E-state index contributed by atoms with van der Waals surface area (Å²) in [5.41, 5.74) is 2.53. The summed E-state index contributed by atoms with van der Waals surface area (Å²) >= 11 is 0. The lowest BCUT2D eigenvalue weighted by Gasteiger charge is -2.11. The van der Waals surface area contributed by atoms with E-state index in [1.165, 1.54) is 16.3 Å². The van der Waals surface area contributed by atoms with Gasteiger partial charge in [-0.1, -0.05) is 32.0 Å². The van der Waals surface area contributed by atoms with Crippen LogP contribution in [0.3, 0.4) is 0 Å². The third-order valence-corrected chi connectivity index (χ3v) is 2.64. The molecular formula is C13H15N. The van der Waals surface area contributed by atoms with Gasteiger partial charge >= 0.3 is 0 Å². The van der Waals surface area contributed by atoms with E-state index < -0.39 is 0 Å². The van der Waals surface area contributed by atoms with Crippen molar-refractivity contribution in [3.8, 4) is 0 Å². The van der Waals surface area contributed by atoms with Gasteiger partial charge in [0.1, 0.15) is 0 Å². The summed E-state index contributed by atoms with van der Waals surface area (Å²) in [6.45, 7) is 6.52. The molecule has 0 amide bonds. The molecule has 1 heterocycles. The number of pyridine rings is 1. The molecule has 0 bridgehead atoms. The van der Waals surface area contributed by atoms with Crippen LogP contribution in [0, 0.1) is 6.92 Å². The fraction of sp³-hybridized carbons (Fsp3) is 0.308. The minimum Gasteiger partial charge on any atom is -0.261 e. The van der Waals surface area contributed by atoms with Crippen LogP contribution in [0.25, 0.3) is 10.8 Å². The summed E-state index contributed by atoms with van der Waals surface area (Å²) in [6, 6.07) is 8.54. The summed E-state index contributed by atoms with van der Waals surface area (Å²) in [7, 11) is 0. The summed E-state index contributed by atoms with van der Waals surface area (Å²) in [6.07, 6.45) is 1.88. The van der Waals surface area contributed by atoms with Gasteiger partial charge < -0.3 is 0 Å². The van der Waals surface area contributed by atoms with Crippen LogP contribution in [0.2, 0.25) is 0 Å². The Morgan fingerprint density at radius 1 is 1.14 bits per heavy atom. The second kappa shape index (κ2) is 3.41. The summed E-state index contributed by atoms with van der Waals surface area (Å²) < 4.78 is 0. The second-order valence-corrected chi connectivity index (χ2v) is 4.00. The number of fused-ring (bicyclic) bond motifs is 1. The molecule has 0 unspecified atom stereocenters. The van der Waals surface area contributed by atoms with Crippen molar-refractivity contribution in [1.29, 1.82) is 0 Å². The molecule has 0 saturated heterocycles. The third kappa shape index (κ3) is 1.39. The molecular weight excluding hydrogens is 170 g/mol. The van der Waals surface area contributed by atoms with E-state index in [1.807, 2.05) is 6.20 Å². The highest BCUT2D eigenvalue weighted by atomic mass is 14.7. The van der Waals surface area contributed by atoms with Crippen molar-refractivity contribution >= 4 is 10.8 Å². The molecule has 0 fully saturated rings. The number of benzene rings is 1. The van der Waals surface area contributed by atoms with E-state index in [4.69, 9.17) is 0 Å². The van der Waals surface area contributed by atoms with Crippen molar-refractivity contribution < 1.29 is 0 Å². The lowest BCUT2D eigenvalue weighted by molar-refractivity contribution is 0.874. The van der Waals surface area contributed by atoms with E-state index >= 15 is 0 Å². The van der Waals surface area contributed by atoms with Crippen molar-refractivity contribution in [2.24, 2.45) is 0 Å². The molecule has 72 valence electrons. The van der Waals surface area contributed by atoms with Crippen LogP contribution in [0.15, 0.2) is 30.5 Å². The molecule has 0 aliphatic carbocycles. The first-order valence-electron chi connectivity index (χ1n) is 5.04. The minimum atomic E-state index is 0.557. The molecule has 1 heteroatoms. The molecule has 0 aliphatic heterocycles. The van der Waals surface area contributed by atoms with E-state index in [1.54, 1.807) is 0 Å². The number of hydrogen-bond acceptors (Lipinski definition) is 1. The highest BCUT2D eigenvalue weighted by Gasteiger charge is 2.06. The topological polar surface area (TPSA) is 12.9 Å². The number of hydrogen-bond donors (Lipinski definition) is 0. The van der Waals surface area contributed by atoms with Crippen molar-refractivity contribution in [2.75, 3.05) is 0 Å². The maximum Gasteiger partial charge on any atom is 0.0453 e. The first kappa shape index (κ1) is 9.20. The van der Waals surface area contributed by atoms with Crippen molar-refractivity contribution in [3.63, 3.8) is 0 Å². The molecule has 0 radical (unpaired) electrons. The summed E-state index contributed by atoms with van der Waals surface area (Å²) in [5, 5.41) is 2.62. The van der Waals surface area contributed by atoms with Gasteiger partial charge in [-0.25, -0.2) is 0 Å². The normalized spacial score (nSPS) is 11.1. The highest BCUT2D eigenvalue weighted by Crippen LogP contribution is 2.26. The Balaban J connectivity index is 2.84. The van der Waals surface area contributed by atoms with E-state index in [2.05, 4.69) is 50.0 Å². The molecule has 0 saturated carbocycles. The summed E-state index contributed by atoms with van der Waals surface area (Å²) in [5.74, 6) is 0.557. The molecule has 2 aromatic rings. The van der Waals surface area contributed by atoms with Crippen LogP contribution < -0.4 is 0 Å². The van der Waals surface area contributed by atoms with E-state index in [0.29, 0.717) is 5.92 Å². The molecule has 0 atom stereocenters. The van der Waals surface area contributed by atoms with Gasteiger partial charge in [-0.2, -0.15) is 0 Å². The largest absolute Gasteiger partial charge is 0.261 e. The van der Waals surface area contributed by atoms with E-state index in [-0.39, 0.29) is 0 Å². The Kier molecular flexibility index (Phi) is 2.24. The minimum absolute atomic E-state index is 0.557. The average molecular weight is 185 g/mol. The SMILES string of the molecule is Cc1nccc2cccc(C(C)C)c12. The molecule has 1 aromatic carbocycles. The number of rotatable bonds is 1. The molecule has 0 aliphatic rings. The third-order valence-electron chi connectivity index (χ3n) is 2.64. The van der Waals surface area contributed by atoms with Gasteiger partial charge in [-0.15, -0.1) is 0 Å². The van der Waals surface area contributed by atoms with E-state index in [0.717, 1.165) is 5.69 Å². The van der Waals surface area contributed by atoms with Crippen LogP contribution in [0.1, 0.15) is 31.0 Å². The maximum atomic E-state index is 4.35. The average Bonchev–Trinajstić information content (AvgIpc) is 2.17. The Labute approximate surface area is 84.8 Å². The fourth-order valence-corrected chi connectivity index (χ4v) is 1.92. The van der Waals surface area contributed by atoms with Gasteiger partial charge in [0.25, 0.3) is 0 Å². The first-order valence-corrected chi connectivity index (χ1v) is 5.04. The van der Waals surface area contributed by atoms with Crippen LogP contribution in [-0.2, 0) is 0 Å². The van der Waals surface area contributed by atoms with Crippen molar-refractivity contribution in [2.45, 2.75) is 26.7 Å². The van der Waals surface area contributed by atoms with Crippen LogP contribution >= 0.6 is 0 Å². The predicted molar refractivity (Wildman–Crippen MR) is 60.6 cm³/mol.